The number of nitrogens with one attached hydrogen (secondary N) is 1. The van der Waals surface area contributed by atoms with Crippen LogP contribution < -0.4 is 11.1 Å². The fourth-order valence-electron chi connectivity index (χ4n) is 0.173. The first-order valence-electron chi connectivity index (χ1n) is 1.91. The number of rotatable bonds is 2. The van der Waals surface area contributed by atoms with Gasteiger partial charge in [0.15, 0.2) is 5.11 Å². The van der Waals surface area contributed by atoms with Crippen LogP contribution in [0.4, 0.5) is 0 Å². The van der Waals surface area contributed by atoms with Gasteiger partial charge in [-0.1, -0.05) is 6.08 Å². The third-order valence-electron chi connectivity index (χ3n) is 0.421. The standard InChI is InChI=1S/C4H8N2S.Au/c1-2-3-6-4(5)7;/h2H,1,3H2,(H3,5,6,7);. The van der Waals surface area contributed by atoms with Gasteiger partial charge in [-0.15, -0.1) is 6.58 Å². The number of thiocarbonyl (C=S) groups is 1. The molecule has 0 aromatic rings. The molecule has 0 bridgehead atoms. The van der Waals surface area contributed by atoms with Gasteiger partial charge in [0.05, 0.1) is 0 Å². The topological polar surface area (TPSA) is 38.0 Å². The van der Waals surface area contributed by atoms with Crippen molar-refractivity contribution in [1.29, 1.82) is 0 Å². The monoisotopic (exact) mass is 313 g/mol. The summed E-state index contributed by atoms with van der Waals surface area (Å²) in [5.74, 6) is 0. The second-order valence-electron chi connectivity index (χ2n) is 1.03. The summed E-state index contributed by atoms with van der Waals surface area (Å²) in [7, 11) is 0. The van der Waals surface area contributed by atoms with E-state index >= 15 is 0 Å². The van der Waals surface area contributed by atoms with Gasteiger partial charge < -0.3 is 11.1 Å². The maximum atomic E-state index is 5.05. The predicted molar refractivity (Wildman–Crippen MR) is 35.0 cm³/mol. The Morgan fingerprint density at radius 1 is 1.88 bits per heavy atom. The van der Waals surface area contributed by atoms with Crippen molar-refractivity contribution in [2.45, 2.75) is 0 Å². The summed E-state index contributed by atoms with van der Waals surface area (Å²) in [5, 5.41) is 3.01. The van der Waals surface area contributed by atoms with E-state index in [1.807, 2.05) is 0 Å². The summed E-state index contributed by atoms with van der Waals surface area (Å²) < 4.78 is 0. The number of nitrogens with two attached hydrogens (primary N) is 1. The van der Waals surface area contributed by atoms with Crippen LogP contribution in [-0.4, -0.2) is 11.7 Å². The van der Waals surface area contributed by atoms with Gasteiger partial charge in [-0.2, -0.15) is 0 Å². The molecule has 0 aliphatic carbocycles. The number of hydrogen-bond acceptors (Lipinski definition) is 1. The van der Waals surface area contributed by atoms with Crippen LogP contribution in [0.2, 0.25) is 0 Å². The van der Waals surface area contributed by atoms with Crippen LogP contribution in [0.5, 0.6) is 0 Å². The van der Waals surface area contributed by atoms with Crippen molar-refractivity contribution >= 4 is 17.3 Å². The van der Waals surface area contributed by atoms with Gasteiger partial charge in [-0.3, -0.25) is 0 Å². The molecule has 2 nitrogen and oxygen atoms in total. The Morgan fingerprint density at radius 2 is 2.38 bits per heavy atom. The van der Waals surface area contributed by atoms with Crippen LogP contribution in [-0.2, 0) is 22.4 Å². The van der Waals surface area contributed by atoms with E-state index in [0.29, 0.717) is 11.7 Å². The minimum absolute atomic E-state index is 0. The Labute approximate surface area is 70.0 Å². The number of hydrogen-bond donors (Lipinski definition) is 2. The Bertz CT molecular complexity index is 84.1. The van der Waals surface area contributed by atoms with Crippen LogP contribution in [0.15, 0.2) is 12.7 Å². The molecule has 3 N–H and O–H groups in total. The third-order valence-corrected chi connectivity index (χ3v) is 0.565. The summed E-state index contributed by atoms with van der Waals surface area (Å²) in [6.07, 6.45) is 1.69. The molecule has 0 aliphatic heterocycles. The molecule has 0 saturated heterocycles. The van der Waals surface area contributed by atoms with Gasteiger partial charge in [0.25, 0.3) is 0 Å². The van der Waals surface area contributed by atoms with Crippen LogP contribution in [0.25, 0.3) is 0 Å². The maximum absolute atomic E-state index is 5.05. The van der Waals surface area contributed by atoms with Crippen LogP contribution in [0, 0.1) is 0 Å². The minimum atomic E-state index is 0. The smallest absolute Gasteiger partial charge is 0.163 e. The SMILES string of the molecule is C=CCNC(N)=S.[Au]. The first-order valence-corrected chi connectivity index (χ1v) is 2.32. The molecule has 0 spiro atoms. The van der Waals surface area contributed by atoms with Gasteiger partial charge in [-0.25, -0.2) is 0 Å². The average Bonchev–Trinajstić information content (AvgIpc) is 1.61. The van der Waals surface area contributed by atoms with E-state index in [2.05, 4.69) is 24.1 Å². The summed E-state index contributed by atoms with van der Waals surface area (Å²) in [6.45, 7) is 4.10. The molecule has 51 valence electrons. The van der Waals surface area contributed by atoms with E-state index < -0.39 is 0 Å². The second-order valence-corrected chi connectivity index (χ2v) is 1.47. The molecule has 8 heavy (non-hydrogen) atoms. The van der Waals surface area contributed by atoms with E-state index in [1.165, 1.54) is 0 Å². The maximum Gasteiger partial charge on any atom is 0.163 e. The summed E-state index contributed by atoms with van der Waals surface area (Å²) in [6, 6.07) is 0. The zero-order valence-corrected chi connectivity index (χ0v) is 7.26. The second kappa shape index (κ2) is 7.17. The van der Waals surface area contributed by atoms with Crippen molar-refractivity contribution in [3.63, 3.8) is 0 Å². The van der Waals surface area contributed by atoms with Gasteiger partial charge in [-0.05, 0) is 12.2 Å². The van der Waals surface area contributed by atoms with Crippen LogP contribution in [0.1, 0.15) is 0 Å². The van der Waals surface area contributed by atoms with E-state index in [0.717, 1.165) is 0 Å². The van der Waals surface area contributed by atoms with Gasteiger partial charge in [0.1, 0.15) is 0 Å². The largest absolute Gasteiger partial charge is 0.376 e. The Hall–Kier alpha value is 0.170. The van der Waals surface area contributed by atoms with Crippen molar-refractivity contribution in [2.75, 3.05) is 6.54 Å². The van der Waals surface area contributed by atoms with Crippen LogP contribution >= 0.6 is 12.2 Å². The van der Waals surface area contributed by atoms with E-state index in [9.17, 15) is 0 Å². The van der Waals surface area contributed by atoms with E-state index in [1.54, 1.807) is 6.08 Å². The molecule has 4 heteroatoms. The molecule has 0 saturated carbocycles. The predicted octanol–water partition coefficient (Wildman–Crippen LogP) is 0.00310. The molecule has 0 aromatic heterocycles. The molecule has 0 amide bonds. The van der Waals surface area contributed by atoms with Gasteiger partial charge >= 0.3 is 0 Å². The minimum Gasteiger partial charge on any atom is -0.376 e. The summed E-state index contributed by atoms with van der Waals surface area (Å²) >= 11 is 4.48. The molecule has 0 heterocycles. The van der Waals surface area contributed by atoms with Crippen molar-refractivity contribution < 1.29 is 22.4 Å². The molecule has 0 aliphatic rings. The molecule has 0 aromatic carbocycles. The van der Waals surface area contributed by atoms with E-state index in [4.69, 9.17) is 5.73 Å². The quantitative estimate of drug-likeness (QED) is 0.428. The van der Waals surface area contributed by atoms with E-state index in [-0.39, 0.29) is 22.4 Å². The molecular formula is C4H8AuN2S. The third kappa shape index (κ3) is 9.48. The fraction of sp³-hybridized carbons (Fsp3) is 0.250. The Morgan fingerprint density at radius 3 is 2.50 bits per heavy atom. The first kappa shape index (κ1) is 11.0. The molecule has 0 fully saturated rings. The Balaban J connectivity index is 0. The van der Waals surface area contributed by atoms with Crippen LogP contribution in [0.3, 0.4) is 0 Å². The molecule has 0 atom stereocenters. The fourth-order valence-corrected chi connectivity index (χ4v) is 0.256. The first-order chi connectivity index (χ1) is 3.27. The zero-order valence-electron chi connectivity index (χ0n) is 4.28. The van der Waals surface area contributed by atoms with Crippen molar-refractivity contribution in [2.24, 2.45) is 5.73 Å². The van der Waals surface area contributed by atoms with Gasteiger partial charge in [0.2, 0.25) is 0 Å². The van der Waals surface area contributed by atoms with Crippen molar-refractivity contribution in [3.05, 3.63) is 12.7 Å². The van der Waals surface area contributed by atoms with Crippen molar-refractivity contribution in [1.82, 2.24) is 5.32 Å². The van der Waals surface area contributed by atoms with Gasteiger partial charge in [0, 0.05) is 28.9 Å². The molecular weight excluding hydrogens is 305 g/mol. The summed E-state index contributed by atoms with van der Waals surface area (Å²) in [4.78, 5) is 0. The van der Waals surface area contributed by atoms with Crippen molar-refractivity contribution in [3.8, 4) is 0 Å². The molecule has 0 rings (SSSR count). The molecule has 1 radical (unpaired) electrons. The zero-order chi connectivity index (χ0) is 5.70. The Kier molecular flexibility index (Phi) is 9.89. The normalized spacial score (nSPS) is 6.50. The average molecular weight is 313 g/mol. The molecule has 0 unspecified atom stereocenters. The summed E-state index contributed by atoms with van der Waals surface area (Å²) in [5.41, 5.74) is 5.05.